The third-order valence-corrected chi connectivity index (χ3v) is 3.07. The average Bonchev–Trinajstić information content (AvgIpc) is 2.94. The van der Waals surface area contributed by atoms with Crippen LogP contribution in [0.2, 0.25) is 0 Å². The molecule has 0 aliphatic carbocycles. The van der Waals surface area contributed by atoms with Crippen molar-refractivity contribution in [3.05, 3.63) is 54.3 Å². The lowest BCUT2D eigenvalue weighted by atomic mass is 10.2. The first-order valence-electron chi connectivity index (χ1n) is 6.45. The topological polar surface area (TPSA) is 77.5 Å². The van der Waals surface area contributed by atoms with Crippen molar-refractivity contribution in [1.82, 2.24) is 5.32 Å². The van der Waals surface area contributed by atoms with Gasteiger partial charge in [0.25, 0.3) is 5.91 Å². The predicted molar refractivity (Wildman–Crippen MR) is 80.5 cm³/mol. The van der Waals surface area contributed by atoms with Crippen molar-refractivity contribution in [2.24, 2.45) is 0 Å². The Bertz CT molecular complexity index is 791. The molecule has 0 aliphatic heterocycles. The van der Waals surface area contributed by atoms with E-state index in [2.05, 4.69) is 5.32 Å². The first-order chi connectivity index (χ1) is 10.2. The lowest BCUT2D eigenvalue weighted by molar-refractivity contribution is 0.0937. The van der Waals surface area contributed by atoms with Crippen molar-refractivity contribution < 1.29 is 13.9 Å². The number of benzene rings is 2. The summed E-state index contributed by atoms with van der Waals surface area (Å²) in [6.07, 6.45) is 0. The number of nitrogen functional groups attached to an aromatic ring is 1. The molecule has 0 spiro atoms. The lowest BCUT2D eigenvalue weighted by Gasteiger charge is -2.06. The van der Waals surface area contributed by atoms with Crippen molar-refractivity contribution in [1.29, 1.82) is 0 Å². The zero-order valence-electron chi connectivity index (χ0n) is 11.4. The van der Waals surface area contributed by atoms with Crippen LogP contribution in [-0.2, 0) is 0 Å². The molecular formula is C16H14N2O3. The number of hydrogen-bond donors (Lipinski definition) is 2. The predicted octanol–water partition coefficient (Wildman–Crippen LogP) is 3.17. The molecule has 0 saturated carbocycles. The summed E-state index contributed by atoms with van der Waals surface area (Å²) in [7, 11) is 1.56. The number of rotatable bonds is 3. The molecule has 0 fully saturated rings. The van der Waals surface area contributed by atoms with Crippen molar-refractivity contribution in [2.75, 3.05) is 12.8 Å². The molecule has 0 aliphatic rings. The van der Waals surface area contributed by atoms with Gasteiger partial charge in [0.15, 0.2) is 17.1 Å². The van der Waals surface area contributed by atoms with Gasteiger partial charge in [-0.1, -0.05) is 12.1 Å². The number of amides is 1. The van der Waals surface area contributed by atoms with Crippen LogP contribution in [0.15, 0.2) is 52.9 Å². The summed E-state index contributed by atoms with van der Waals surface area (Å²) in [5, 5.41) is 3.34. The molecule has 3 N–H and O–H groups in total. The number of nitrogens with two attached hydrogens (primary N) is 1. The van der Waals surface area contributed by atoms with Gasteiger partial charge in [-0.25, -0.2) is 0 Å². The maximum absolute atomic E-state index is 11.6. The Morgan fingerprint density at radius 3 is 2.67 bits per heavy atom. The smallest absolute Gasteiger partial charge is 0.286 e. The lowest BCUT2D eigenvalue weighted by Crippen LogP contribution is -2.16. The first-order valence-corrected chi connectivity index (χ1v) is 6.45. The summed E-state index contributed by atoms with van der Waals surface area (Å²) in [6, 6.07) is 14.2. The van der Waals surface area contributed by atoms with Crippen molar-refractivity contribution in [3.63, 3.8) is 0 Å². The number of ether oxygens (including phenoxy) is 1. The van der Waals surface area contributed by atoms with Crippen LogP contribution in [0, 0.1) is 0 Å². The largest absolute Gasteiger partial charge is 0.453 e. The molecule has 0 saturated heterocycles. The fraction of sp³-hybridized carbons (Fsp3) is 0.0625. The normalized spacial score (nSPS) is 10.5. The summed E-state index contributed by atoms with van der Waals surface area (Å²) in [4.78, 5) is 11.6. The molecule has 3 rings (SSSR count). The summed E-state index contributed by atoms with van der Waals surface area (Å²) < 4.78 is 11.4. The fourth-order valence-corrected chi connectivity index (χ4v) is 2.01. The quantitative estimate of drug-likeness (QED) is 0.723. The standard InChI is InChI=1S/C16H14N2O3/c1-18-16(19)14-9-10-3-2-4-13(15(10)21-14)20-12-7-5-11(17)6-8-12/h2-9H,17H2,1H3,(H,18,19). The van der Waals surface area contributed by atoms with Crippen LogP contribution in [0.1, 0.15) is 10.6 Å². The summed E-state index contributed by atoms with van der Waals surface area (Å²) in [5.41, 5.74) is 6.85. The van der Waals surface area contributed by atoms with Crippen LogP contribution in [0.5, 0.6) is 11.5 Å². The molecule has 1 heterocycles. The first kappa shape index (κ1) is 13.1. The van der Waals surface area contributed by atoms with E-state index in [0.717, 1.165) is 5.39 Å². The number of nitrogens with one attached hydrogen (secondary N) is 1. The minimum Gasteiger partial charge on any atom is -0.453 e. The number of hydrogen-bond acceptors (Lipinski definition) is 4. The highest BCUT2D eigenvalue weighted by Gasteiger charge is 2.14. The molecule has 0 bridgehead atoms. The monoisotopic (exact) mass is 282 g/mol. The summed E-state index contributed by atoms with van der Waals surface area (Å²) in [6.45, 7) is 0. The molecule has 5 nitrogen and oxygen atoms in total. The molecule has 1 aromatic heterocycles. The Morgan fingerprint density at radius 2 is 1.95 bits per heavy atom. The van der Waals surface area contributed by atoms with Gasteiger partial charge in [-0.2, -0.15) is 0 Å². The molecule has 1 amide bonds. The molecule has 106 valence electrons. The van der Waals surface area contributed by atoms with Gasteiger partial charge in [-0.05, 0) is 36.4 Å². The van der Waals surface area contributed by atoms with Crippen LogP contribution in [0.3, 0.4) is 0 Å². The summed E-state index contributed by atoms with van der Waals surface area (Å²) >= 11 is 0. The summed E-state index contributed by atoms with van der Waals surface area (Å²) in [5.74, 6) is 1.17. The van der Waals surface area contributed by atoms with Gasteiger partial charge < -0.3 is 20.2 Å². The molecular weight excluding hydrogens is 268 g/mol. The third-order valence-electron chi connectivity index (χ3n) is 3.07. The van der Waals surface area contributed by atoms with E-state index >= 15 is 0 Å². The van der Waals surface area contributed by atoms with Crippen molar-refractivity contribution in [2.45, 2.75) is 0 Å². The second-order valence-corrected chi connectivity index (χ2v) is 4.54. The Balaban J connectivity index is 2.00. The molecule has 3 aromatic rings. The molecule has 2 aromatic carbocycles. The third kappa shape index (κ3) is 2.53. The molecule has 5 heteroatoms. The highest BCUT2D eigenvalue weighted by Crippen LogP contribution is 2.32. The van der Waals surface area contributed by atoms with Crippen LogP contribution >= 0.6 is 0 Å². The number of anilines is 1. The van der Waals surface area contributed by atoms with Crippen LogP contribution in [0.25, 0.3) is 11.0 Å². The molecule has 0 unspecified atom stereocenters. The van der Waals surface area contributed by atoms with Gasteiger partial charge in [0.05, 0.1) is 0 Å². The van der Waals surface area contributed by atoms with Crippen molar-refractivity contribution >= 4 is 22.6 Å². The number of carbonyl (C=O) groups excluding carboxylic acids is 1. The van der Waals surface area contributed by atoms with Gasteiger partial charge in [-0.15, -0.1) is 0 Å². The fourth-order valence-electron chi connectivity index (χ4n) is 2.01. The Morgan fingerprint density at radius 1 is 1.19 bits per heavy atom. The highest BCUT2D eigenvalue weighted by atomic mass is 16.5. The number of fused-ring (bicyclic) bond motifs is 1. The van der Waals surface area contributed by atoms with E-state index < -0.39 is 0 Å². The molecule has 21 heavy (non-hydrogen) atoms. The van der Waals surface area contributed by atoms with E-state index in [9.17, 15) is 4.79 Å². The second kappa shape index (κ2) is 5.20. The van der Waals surface area contributed by atoms with Gasteiger partial charge >= 0.3 is 0 Å². The van der Waals surface area contributed by atoms with Crippen molar-refractivity contribution in [3.8, 4) is 11.5 Å². The Hall–Kier alpha value is -2.95. The van der Waals surface area contributed by atoms with Gasteiger partial charge in [0.1, 0.15) is 5.75 Å². The highest BCUT2D eigenvalue weighted by molar-refractivity contribution is 5.97. The molecule has 0 radical (unpaired) electrons. The molecule has 0 atom stereocenters. The number of para-hydroxylation sites is 1. The minimum atomic E-state index is -0.273. The van der Waals surface area contributed by atoms with Gasteiger partial charge in [0.2, 0.25) is 0 Å². The van der Waals surface area contributed by atoms with Crippen LogP contribution in [0.4, 0.5) is 5.69 Å². The van der Waals surface area contributed by atoms with E-state index in [-0.39, 0.29) is 11.7 Å². The van der Waals surface area contributed by atoms with E-state index in [1.165, 1.54) is 0 Å². The Kier molecular flexibility index (Phi) is 3.23. The SMILES string of the molecule is CNC(=O)c1cc2cccc(Oc3ccc(N)cc3)c2o1. The van der Waals surface area contributed by atoms with Crippen LogP contribution in [-0.4, -0.2) is 13.0 Å². The van der Waals surface area contributed by atoms with E-state index in [1.807, 2.05) is 12.1 Å². The minimum absolute atomic E-state index is 0.251. The second-order valence-electron chi connectivity index (χ2n) is 4.54. The van der Waals surface area contributed by atoms with E-state index in [4.69, 9.17) is 14.9 Å². The maximum Gasteiger partial charge on any atom is 0.286 e. The zero-order valence-corrected chi connectivity index (χ0v) is 11.4. The van der Waals surface area contributed by atoms with Gasteiger partial charge in [-0.3, -0.25) is 4.79 Å². The maximum atomic E-state index is 11.6. The number of furan rings is 1. The Labute approximate surface area is 121 Å². The van der Waals surface area contributed by atoms with Crippen LogP contribution < -0.4 is 15.8 Å². The van der Waals surface area contributed by atoms with E-state index in [1.54, 1.807) is 43.4 Å². The zero-order chi connectivity index (χ0) is 14.8. The number of carbonyl (C=O) groups is 1. The average molecular weight is 282 g/mol. The van der Waals surface area contributed by atoms with E-state index in [0.29, 0.717) is 22.8 Å². The van der Waals surface area contributed by atoms with Gasteiger partial charge in [0, 0.05) is 18.1 Å².